The maximum Gasteiger partial charge on any atom is 0.0566 e. The molecule has 0 saturated carbocycles. The Morgan fingerprint density at radius 2 is 2.13 bits per heavy atom. The minimum Gasteiger partial charge on any atom is -0.350 e. The molecule has 0 amide bonds. The molecule has 1 aromatic carbocycles. The minimum absolute atomic E-state index is 1.13. The van der Waals surface area contributed by atoms with Crippen molar-refractivity contribution >= 4 is 10.9 Å². The van der Waals surface area contributed by atoms with Crippen molar-refractivity contribution < 1.29 is 0 Å². The van der Waals surface area contributed by atoms with Crippen LogP contribution in [0.2, 0.25) is 0 Å². The van der Waals surface area contributed by atoms with E-state index in [1.54, 1.807) is 0 Å². The molecule has 74 valence electrons. The molecule has 0 aliphatic rings. The third-order valence-corrected chi connectivity index (χ3v) is 2.71. The van der Waals surface area contributed by atoms with Gasteiger partial charge in [-0.1, -0.05) is 18.2 Å². The van der Waals surface area contributed by atoms with Crippen LogP contribution in [-0.2, 0) is 7.05 Å². The SMILES string of the molecule is Cn1cc(-c2cn[nH]c2)c2ccccc21. The highest BCUT2D eigenvalue weighted by Crippen LogP contribution is 2.28. The molecule has 2 heterocycles. The summed E-state index contributed by atoms with van der Waals surface area (Å²) in [5.74, 6) is 0. The van der Waals surface area contributed by atoms with E-state index >= 15 is 0 Å². The Hall–Kier alpha value is -2.03. The largest absolute Gasteiger partial charge is 0.350 e. The van der Waals surface area contributed by atoms with Crippen molar-refractivity contribution in [3.05, 3.63) is 42.9 Å². The van der Waals surface area contributed by atoms with Gasteiger partial charge in [0.1, 0.15) is 0 Å². The lowest BCUT2D eigenvalue weighted by molar-refractivity contribution is 0.970. The average molecular weight is 197 g/mol. The zero-order valence-electron chi connectivity index (χ0n) is 8.44. The lowest BCUT2D eigenvalue weighted by Gasteiger charge is -1.93. The van der Waals surface area contributed by atoms with Gasteiger partial charge in [-0.3, -0.25) is 5.10 Å². The fourth-order valence-corrected chi connectivity index (χ4v) is 1.97. The van der Waals surface area contributed by atoms with Crippen LogP contribution in [0.5, 0.6) is 0 Å². The summed E-state index contributed by atoms with van der Waals surface area (Å²) in [4.78, 5) is 0. The van der Waals surface area contributed by atoms with Crippen LogP contribution < -0.4 is 0 Å². The first-order valence-corrected chi connectivity index (χ1v) is 4.89. The fourth-order valence-electron chi connectivity index (χ4n) is 1.97. The summed E-state index contributed by atoms with van der Waals surface area (Å²) in [5.41, 5.74) is 3.60. The molecule has 0 saturated heterocycles. The van der Waals surface area contributed by atoms with Crippen molar-refractivity contribution in [1.29, 1.82) is 0 Å². The van der Waals surface area contributed by atoms with E-state index in [0.29, 0.717) is 0 Å². The predicted molar refractivity (Wildman–Crippen MR) is 60.5 cm³/mol. The highest BCUT2D eigenvalue weighted by atomic mass is 15.1. The van der Waals surface area contributed by atoms with Crippen LogP contribution in [0.15, 0.2) is 42.9 Å². The summed E-state index contributed by atoms with van der Waals surface area (Å²) in [6.45, 7) is 0. The first-order valence-electron chi connectivity index (χ1n) is 4.89. The van der Waals surface area contributed by atoms with Crippen LogP contribution in [-0.4, -0.2) is 14.8 Å². The molecule has 0 fully saturated rings. The zero-order valence-corrected chi connectivity index (χ0v) is 8.44. The molecule has 0 aliphatic heterocycles. The molecule has 0 atom stereocenters. The maximum atomic E-state index is 3.98. The van der Waals surface area contributed by atoms with Gasteiger partial charge >= 0.3 is 0 Å². The molecular formula is C12H11N3. The fraction of sp³-hybridized carbons (Fsp3) is 0.0833. The second-order valence-electron chi connectivity index (χ2n) is 3.66. The average Bonchev–Trinajstić information content (AvgIpc) is 2.87. The summed E-state index contributed by atoms with van der Waals surface area (Å²) in [5, 5.41) is 8.09. The molecule has 0 aliphatic carbocycles. The highest BCUT2D eigenvalue weighted by molar-refractivity contribution is 5.95. The highest BCUT2D eigenvalue weighted by Gasteiger charge is 2.07. The molecule has 3 aromatic rings. The van der Waals surface area contributed by atoms with Crippen molar-refractivity contribution in [1.82, 2.24) is 14.8 Å². The number of hydrogen-bond acceptors (Lipinski definition) is 1. The van der Waals surface area contributed by atoms with Crippen LogP contribution >= 0.6 is 0 Å². The summed E-state index contributed by atoms with van der Waals surface area (Å²) >= 11 is 0. The van der Waals surface area contributed by atoms with E-state index < -0.39 is 0 Å². The number of H-pyrrole nitrogens is 1. The molecule has 0 radical (unpaired) electrons. The summed E-state index contributed by atoms with van der Waals surface area (Å²) in [7, 11) is 2.06. The number of aryl methyl sites for hydroxylation is 1. The predicted octanol–water partition coefficient (Wildman–Crippen LogP) is 2.57. The van der Waals surface area contributed by atoms with Gasteiger partial charge in [-0.2, -0.15) is 5.10 Å². The number of hydrogen-bond donors (Lipinski definition) is 1. The van der Waals surface area contributed by atoms with Gasteiger partial charge in [0.15, 0.2) is 0 Å². The Morgan fingerprint density at radius 3 is 2.93 bits per heavy atom. The van der Waals surface area contributed by atoms with Gasteiger partial charge in [-0.05, 0) is 6.07 Å². The van der Waals surface area contributed by atoms with Gasteiger partial charge in [0.05, 0.1) is 6.20 Å². The Balaban J connectivity index is 2.37. The topological polar surface area (TPSA) is 33.6 Å². The van der Waals surface area contributed by atoms with E-state index in [0.717, 1.165) is 5.56 Å². The van der Waals surface area contributed by atoms with E-state index in [9.17, 15) is 0 Å². The van der Waals surface area contributed by atoms with Crippen molar-refractivity contribution in [3.8, 4) is 11.1 Å². The Labute approximate surface area is 87.4 Å². The number of fused-ring (bicyclic) bond motifs is 1. The third kappa shape index (κ3) is 1.16. The normalized spacial score (nSPS) is 11.0. The molecule has 15 heavy (non-hydrogen) atoms. The van der Waals surface area contributed by atoms with Crippen LogP contribution in [0.1, 0.15) is 0 Å². The van der Waals surface area contributed by atoms with Gasteiger partial charge in [0, 0.05) is 41.5 Å². The third-order valence-electron chi connectivity index (χ3n) is 2.71. The van der Waals surface area contributed by atoms with E-state index in [-0.39, 0.29) is 0 Å². The van der Waals surface area contributed by atoms with Crippen molar-refractivity contribution in [3.63, 3.8) is 0 Å². The number of para-hydroxylation sites is 1. The van der Waals surface area contributed by atoms with Gasteiger partial charge in [0.2, 0.25) is 0 Å². The van der Waals surface area contributed by atoms with Crippen LogP contribution in [0.4, 0.5) is 0 Å². The second kappa shape index (κ2) is 2.98. The minimum atomic E-state index is 1.13. The summed E-state index contributed by atoms with van der Waals surface area (Å²) in [6, 6.07) is 8.38. The van der Waals surface area contributed by atoms with E-state index in [4.69, 9.17) is 0 Å². The Morgan fingerprint density at radius 1 is 1.27 bits per heavy atom. The Kier molecular flexibility index (Phi) is 1.65. The summed E-state index contributed by atoms with van der Waals surface area (Å²) < 4.78 is 2.14. The zero-order chi connectivity index (χ0) is 10.3. The molecule has 1 N–H and O–H groups in total. The maximum absolute atomic E-state index is 3.98. The quantitative estimate of drug-likeness (QED) is 0.639. The first kappa shape index (κ1) is 8.29. The molecule has 0 unspecified atom stereocenters. The molecule has 3 rings (SSSR count). The van der Waals surface area contributed by atoms with E-state index in [2.05, 4.69) is 52.3 Å². The monoisotopic (exact) mass is 197 g/mol. The standard InChI is InChI=1S/C12H11N3/c1-15-8-11(9-6-13-14-7-9)10-4-2-3-5-12(10)15/h2-8H,1H3,(H,13,14). The van der Waals surface area contributed by atoms with Gasteiger partial charge in [-0.15, -0.1) is 0 Å². The number of aromatic nitrogens is 3. The first-order chi connectivity index (χ1) is 7.36. The molecule has 2 aromatic heterocycles. The molecule has 3 heteroatoms. The smallest absolute Gasteiger partial charge is 0.0566 e. The summed E-state index contributed by atoms with van der Waals surface area (Å²) in [6.07, 6.45) is 5.90. The van der Waals surface area contributed by atoms with Gasteiger partial charge in [-0.25, -0.2) is 0 Å². The molecule has 0 spiro atoms. The van der Waals surface area contributed by atoms with E-state index in [1.807, 2.05) is 12.4 Å². The lowest BCUT2D eigenvalue weighted by atomic mass is 10.1. The van der Waals surface area contributed by atoms with Crippen molar-refractivity contribution in [2.75, 3.05) is 0 Å². The van der Waals surface area contributed by atoms with Crippen LogP contribution in [0.3, 0.4) is 0 Å². The molecule has 0 bridgehead atoms. The number of aromatic amines is 1. The lowest BCUT2D eigenvalue weighted by Crippen LogP contribution is -1.81. The van der Waals surface area contributed by atoms with Crippen LogP contribution in [0.25, 0.3) is 22.0 Å². The molecular weight excluding hydrogens is 186 g/mol. The number of benzene rings is 1. The molecule has 3 nitrogen and oxygen atoms in total. The number of rotatable bonds is 1. The number of nitrogens with one attached hydrogen (secondary N) is 1. The number of nitrogens with zero attached hydrogens (tertiary/aromatic N) is 2. The van der Waals surface area contributed by atoms with Crippen LogP contribution in [0, 0.1) is 0 Å². The second-order valence-corrected chi connectivity index (χ2v) is 3.66. The van der Waals surface area contributed by atoms with Crippen molar-refractivity contribution in [2.24, 2.45) is 7.05 Å². The van der Waals surface area contributed by atoms with E-state index in [1.165, 1.54) is 16.5 Å². The van der Waals surface area contributed by atoms with Gasteiger partial charge in [0.25, 0.3) is 0 Å². The van der Waals surface area contributed by atoms with Gasteiger partial charge < -0.3 is 4.57 Å². The Bertz CT molecular complexity index is 590. The van der Waals surface area contributed by atoms with Crippen molar-refractivity contribution in [2.45, 2.75) is 0 Å².